The maximum atomic E-state index is 12.1. The van der Waals surface area contributed by atoms with E-state index in [9.17, 15) is 9.59 Å². The molecule has 0 aromatic carbocycles. The third-order valence-electron chi connectivity index (χ3n) is 3.83. The summed E-state index contributed by atoms with van der Waals surface area (Å²) in [5.41, 5.74) is 0.220. The molecule has 0 bridgehead atoms. The van der Waals surface area contributed by atoms with Gasteiger partial charge < -0.3 is 10.3 Å². The number of nitrogens with one attached hydrogen (secondary N) is 2. The van der Waals surface area contributed by atoms with E-state index in [4.69, 9.17) is 0 Å². The maximum absolute atomic E-state index is 12.1. The number of H-pyrrole nitrogens is 1. The van der Waals surface area contributed by atoms with E-state index >= 15 is 0 Å². The van der Waals surface area contributed by atoms with Crippen LogP contribution < -0.4 is 10.9 Å². The van der Waals surface area contributed by atoms with Gasteiger partial charge in [0.15, 0.2) is 0 Å². The second-order valence-corrected chi connectivity index (χ2v) is 5.69. The van der Waals surface area contributed by atoms with E-state index < -0.39 is 0 Å². The van der Waals surface area contributed by atoms with Gasteiger partial charge in [-0.1, -0.05) is 32.8 Å². The monoisotopic (exact) mass is 248 g/mol. The van der Waals surface area contributed by atoms with Gasteiger partial charge in [-0.15, -0.1) is 0 Å². The predicted octanol–water partition coefficient (Wildman–Crippen LogP) is 2.07. The summed E-state index contributed by atoms with van der Waals surface area (Å²) in [4.78, 5) is 25.8. The summed E-state index contributed by atoms with van der Waals surface area (Å²) in [5.74, 6) is -0.187. The quantitative estimate of drug-likeness (QED) is 0.841. The average Bonchev–Trinajstić information content (AvgIpc) is 2.31. The van der Waals surface area contributed by atoms with Crippen LogP contribution in [-0.4, -0.2) is 16.9 Å². The smallest absolute Gasteiger partial charge is 0.268 e. The molecule has 0 saturated heterocycles. The first-order valence-electron chi connectivity index (χ1n) is 6.49. The third-order valence-corrected chi connectivity index (χ3v) is 3.83. The van der Waals surface area contributed by atoms with Crippen molar-refractivity contribution in [3.05, 3.63) is 34.2 Å². The van der Waals surface area contributed by atoms with Crippen LogP contribution in [0.1, 0.15) is 50.0 Å². The number of amides is 1. The highest BCUT2D eigenvalue weighted by molar-refractivity contribution is 5.92. The molecular weight excluding hydrogens is 228 g/mol. The molecule has 4 heteroatoms. The molecule has 1 aromatic heterocycles. The fourth-order valence-corrected chi connectivity index (χ4v) is 2.58. The Labute approximate surface area is 107 Å². The molecule has 1 amide bonds. The van der Waals surface area contributed by atoms with Crippen LogP contribution in [0.25, 0.3) is 0 Å². The van der Waals surface area contributed by atoms with Crippen LogP contribution in [0.5, 0.6) is 0 Å². The van der Waals surface area contributed by atoms with Crippen LogP contribution >= 0.6 is 0 Å². The van der Waals surface area contributed by atoms with Crippen molar-refractivity contribution in [2.75, 3.05) is 0 Å². The van der Waals surface area contributed by atoms with E-state index in [1.54, 1.807) is 12.1 Å². The summed E-state index contributed by atoms with van der Waals surface area (Å²) in [6.07, 6.45) is 4.51. The van der Waals surface area contributed by atoms with Crippen LogP contribution in [0.2, 0.25) is 0 Å². The molecule has 2 N–H and O–H groups in total. The molecule has 98 valence electrons. The number of aromatic amines is 1. The van der Waals surface area contributed by atoms with E-state index in [-0.39, 0.29) is 22.9 Å². The molecule has 4 nitrogen and oxygen atoms in total. The minimum absolute atomic E-state index is 0.128. The normalized spacial score (nSPS) is 22.4. The highest BCUT2D eigenvalue weighted by Gasteiger charge is 2.33. The van der Waals surface area contributed by atoms with Gasteiger partial charge >= 0.3 is 0 Å². The van der Waals surface area contributed by atoms with E-state index in [1.165, 1.54) is 12.5 Å². The maximum Gasteiger partial charge on any atom is 0.268 e. The molecule has 1 fully saturated rings. The molecule has 1 heterocycles. The minimum Gasteiger partial charge on any atom is -0.348 e. The van der Waals surface area contributed by atoms with Crippen molar-refractivity contribution < 1.29 is 4.79 Å². The second-order valence-electron chi connectivity index (χ2n) is 5.69. The van der Waals surface area contributed by atoms with Crippen molar-refractivity contribution in [1.29, 1.82) is 0 Å². The Morgan fingerprint density at radius 1 is 1.39 bits per heavy atom. The molecule has 1 aliphatic rings. The highest BCUT2D eigenvalue weighted by atomic mass is 16.2. The van der Waals surface area contributed by atoms with Gasteiger partial charge in [0.25, 0.3) is 5.91 Å². The lowest BCUT2D eigenvalue weighted by molar-refractivity contribution is 0.0848. The zero-order chi connectivity index (χ0) is 13.2. The second kappa shape index (κ2) is 4.96. The van der Waals surface area contributed by atoms with Crippen molar-refractivity contribution in [3.8, 4) is 0 Å². The zero-order valence-corrected chi connectivity index (χ0v) is 11.0. The van der Waals surface area contributed by atoms with Gasteiger partial charge in [-0.25, -0.2) is 0 Å². The summed E-state index contributed by atoms with van der Waals surface area (Å²) >= 11 is 0. The van der Waals surface area contributed by atoms with E-state index in [0.717, 1.165) is 19.3 Å². The van der Waals surface area contributed by atoms with Crippen molar-refractivity contribution in [3.63, 3.8) is 0 Å². The fraction of sp³-hybridized carbons (Fsp3) is 0.571. The minimum atomic E-state index is -0.245. The lowest BCUT2D eigenvalue weighted by atomic mass is 9.73. The molecule has 1 aromatic rings. The Morgan fingerprint density at radius 2 is 2.17 bits per heavy atom. The van der Waals surface area contributed by atoms with E-state index in [2.05, 4.69) is 24.1 Å². The van der Waals surface area contributed by atoms with Crippen LogP contribution in [0.3, 0.4) is 0 Å². The molecule has 18 heavy (non-hydrogen) atoms. The first kappa shape index (κ1) is 12.9. The van der Waals surface area contributed by atoms with Gasteiger partial charge in [0.05, 0.1) is 0 Å². The van der Waals surface area contributed by atoms with Gasteiger partial charge in [0.1, 0.15) is 5.69 Å². The number of hydrogen-bond donors (Lipinski definition) is 2. The van der Waals surface area contributed by atoms with Crippen molar-refractivity contribution >= 4 is 5.91 Å². The number of carbonyl (C=O) groups excluding carboxylic acids is 1. The van der Waals surface area contributed by atoms with Crippen LogP contribution in [0, 0.1) is 5.41 Å². The van der Waals surface area contributed by atoms with E-state index in [0.29, 0.717) is 5.69 Å². The summed E-state index contributed by atoms with van der Waals surface area (Å²) in [7, 11) is 0. The summed E-state index contributed by atoms with van der Waals surface area (Å²) in [6.45, 7) is 4.37. The Balaban J connectivity index is 2.09. The Hall–Kier alpha value is -1.58. The molecule has 2 rings (SSSR count). The average molecular weight is 248 g/mol. The van der Waals surface area contributed by atoms with Crippen molar-refractivity contribution in [1.82, 2.24) is 10.3 Å². The summed E-state index contributed by atoms with van der Waals surface area (Å²) in [5, 5.41) is 3.04. The summed E-state index contributed by atoms with van der Waals surface area (Å²) in [6, 6.07) is 4.82. The lowest BCUT2D eigenvalue weighted by Gasteiger charge is -2.38. The number of hydrogen-bond acceptors (Lipinski definition) is 2. The van der Waals surface area contributed by atoms with Crippen molar-refractivity contribution in [2.24, 2.45) is 5.41 Å². The Bertz CT molecular complexity index is 491. The Morgan fingerprint density at radius 3 is 2.83 bits per heavy atom. The summed E-state index contributed by atoms with van der Waals surface area (Å²) < 4.78 is 0. The van der Waals surface area contributed by atoms with Crippen LogP contribution in [0.15, 0.2) is 23.0 Å². The first-order valence-corrected chi connectivity index (χ1v) is 6.49. The third kappa shape index (κ3) is 2.81. The Kier molecular flexibility index (Phi) is 3.55. The van der Waals surface area contributed by atoms with Gasteiger partial charge in [-0.2, -0.15) is 0 Å². The molecule has 1 saturated carbocycles. The molecule has 0 aliphatic heterocycles. The molecular formula is C14H20N2O2. The van der Waals surface area contributed by atoms with E-state index in [1.807, 2.05) is 0 Å². The fourth-order valence-electron chi connectivity index (χ4n) is 2.58. The SMILES string of the molecule is CC1(C)CCCCC1NC(=O)c1cccc(=O)[nH]1. The molecule has 1 aliphatic carbocycles. The van der Waals surface area contributed by atoms with Gasteiger partial charge in [-0.3, -0.25) is 9.59 Å². The van der Waals surface area contributed by atoms with Crippen LogP contribution in [0.4, 0.5) is 0 Å². The van der Waals surface area contributed by atoms with Gasteiger partial charge in [0, 0.05) is 12.1 Å². The van der Waals surface area contributed by atoms with Crippen molar-refractivity contribution in [2.45, 2.75) is 45.6 Å². The largest absolute Gasteiger partial charge is 0.348 e. The standard InChI is InChI=1S/C14H20N2O2/c1-14(2)9-4-3-7-11(14)16-13(18)10-6-5-8-12(17)15-10/h5-6,8,11H,3-4,7,9H2,1-2H3,(H,15,17)(H,16,18). The predicted molar refractivity (Wildman–Crippen MR) is 70.6 cm³/mol. The molecule has 1 unspecified atom stereocenters. The van der Waals surface area contributed by atoms with Crippen LogP contribution in [-0.2, 0) is 0 Å². The lowest BCUT2D eigenvalue weighted by Crippen LogP contribution is -2.47. The highest BCUT2D eigenvalue weighted by Crippen LogP contribution is 2.35. The number of rotatable bonds is 2. The first-order chi connectivity index (χ1) is 8.49. The van der Waals surface area contributed by atoms with Gasteiger partial charge in [0.2, 0.25) is 5.56 Å². The topological polar surface area (TPSA) is 62.0 Å². The number of carbonyl (C=O) groups is 1. The molecule has 0 spiro atoms. The van der Waals surface area contributed by atoms with Gasteiger partial charge in [-0.05, 0) is 24.3 Å². The zero-order valence-electron chi connectivity index (χ0n) is 11.0. The number of pyridine rings is 1. The molecule has 1 atom stereocenters. The molecule has 0 radical (unpaired) electrons. The number of aromatic nitrogens is 1.